The molecule has 1 saturated heterocycles. The van der Waals surface area contributed by atoms with Crippen LogP contribution in [-0.2, 0) is 15.0 Å². The molecule has 0 aliphatic carbocycles. The SMILES string of the molecule is N#Cc1cc(N2CC(S(=O)(=O)F)CC2=O)ccn1. The Morgan fingerprint density at radius 2 is 2.28 bits per heavy atom. The van der Waals surface area contributed by atoms with Gasteiger partial charge in [-0.3, -0.25) is 4.79 Å². The molecule has 1 atom stereocenters. The van der Waals surface area contributed by atoms with E-state index in [0.717, 1.165) is 4.90 Å². The van der Waals surface area contributed by atoms with Crippen LogP contribution in [0.25, 0.3) is 0 Å². The normalized spacial score (nSPS) is 19.9. The highest BCUT2D eigenvalue weighted by Gasteiger charge is 2.39. The molecule has 1 amide bonds. The summed E-state index contributed by atoms with van der Waals surface area (Å²) in [6.07, 6.45) is 0.946. The number of anilines is 1. The lowest BCUT2D eigenvalue weighted by Crippen LogP contribution is -2.27. The van der Waals surface area contributed by atoms with Crippen LogP contribution in [-0.4, -0.2) is 31.1 Å². The van der Waals surface area contributed by atoms with Crippen molar-refractivity contribution in [2.45, 2.75) is 11.7 Å². The third-order valence-corrected chi connectivity index (χ3v) is 3.77. The summed E-state index contributed by atoms with van der Waals surface area (Å²) in [5, 5.41) is 7.34. The zero-order valence-corrected chi connectivity index (χ0v) is 9.89. The molecule has 0 aromatic carbocycles. The Labute approximate surface area is 103 Å². The first-order valence-corrected chi connectivity index (χ1v) is 6.46. The van der Waals surface area contributed by atoms with Gasteiger partial charge >= 0.3 is 10.2 Å². The predicted molar refractivity (Wildman–Crippen MR) is 59.7 cm³/mol. The molecule has 8 heteroatoms. The first-order chi connectivity index (χ1) is 8.41. The lowest BCUT2D eigenvalue weighted by molar-refractivity contribution is -0.117. The van der Waals surface area contributed by atoms with Crippen LogP contribution in [0.1, 0.15) is 12.1 Å². The fourth-order valence-electron chi connectivity index (χ4n) is 1.76. The Balaban J connectivity index is 2.30. The van der Waals surface area contributed by atoms with E-state index < -0.39 is 21.4 Å². The molecule has 1 fully saturated rings. The Morgan fingerprint density at radius 3 is 2.83 bits per heavy atom. The minimum absolute atomic E-state index is 0.104. The molecule has 6 nitrogen and oxygen atoms in total. The molecule has 0 bridgehead atoms. The molecule has 2 heterocycles. The van der Waals surface area contributed by atoms with Crippen molar-refractivity contribution < 1.29 is 17.1 Å². The van der Waals surface area contributed by atoms with E-state index in [-0.39, 0.29) is 18.7 Å². The highest BCUT2D eigenvalue weighted by Crippen LogP contribution is 2.25. The van der Waals surface area contributed by atoms with E-state index in [9.17, 15) is 17.1 Å². The van der Waals surface area contributed by atoms with Gasteiger partial charge in [0.25, 0.3) is 0 Å². The number of halogens is 1. The fraction of sp³-hybridized carbons (Fsp3) is 0.300. The van der Waals surface area contributed by atoms with Crippen LogP contribution < -0.4 is 4.90 Å². The molecule has 1 aromatic rings. The average Bonchev–Trinajstić information content (AvgIpc) is 2.71. The van der Waals surface area contributed by atoms with Crippen molar-refractivity contribution in [3.63, 3.8) is 0 Å². The Hall–Kier alpha value is -2.01. The predicted octanol–water partition coefficient (Wildman–Crippen LogP) is 0.358. The van der Waals surface area contributed by atoms with Crippen LogP contribution in [0.3, 0.4) is 0 Å². The molecule has 18 heavy (non-hydrogen) atoms. The molecule has 1 aliphatic rings. The summed E-state index contributed by atoms with van der Waals surface area (Å²) < 4.78 is 34.4. The van der Waals surface area contributed by atoms with Gasteiger partial charge in [-0.1, -0.05) is 0 Å². The molecule has 1 aliphatic heterocycles. The first kappa shape index (κ1) is 12.4. The van der Waals surface area contributed by atoms with E-state index in [1.807, 2.05) is 0 Å². The summed E-state index contributed by atoms with van der Waals surface area (Å²) in [5.41, 5.74) is 0.449. The van der Waals surface area contributed by atoms with Crippen molar-refractivity contribution >= 4 is 21.8 Å². The van der Waals surface area contributed by atoms with E-state index in [0.29, 0.717) is 5.69 Å². The first-order valence-electron chi connectivity index (χ1n) is 5.02. The van der Waals surface area contributed by atoms with Crippen molar-refractivity contribution in [2.75, 3.05) is 11.4 Å². The van der Waals surface area contributed by atoms with E-state index in [2.05, 4.69) is 4.98 Å². The van der Waals surface area contributed by atoms with Gasteiger partial charge in [0.2, 0.25) is 5.91 Å². The van der Waals surface area contributed by atoms with Gasteiger partial charge in [0, 0.05) is 24.8 Å². The Morgan fingerprint density at radius 1 is 1.56 bits per heavy atom. The van der Waals surface area contributed by atoms with Crippen LogP contribution in [0.2, 0.25) is 0 Å². The van der Waals surface area contributed by atoms with Crippen LogP contribution in [0.5, 0.6) is 0 Å². The number of aromatic nitrogens is 1. The molecular weight excluding hydrogens is 261 g/mol. The lowest BCUT2D eigenvalue weighted by atomic mass is 10.3. The fourth-order valence-corrected chi connectivity index (χ4v) is 2.43. The van der Waals surface area contributed by atoms with Crippen molar-refractivity contribution in [1.29, 1.82) is 5.26 Å². The lowest BCUT2D eigenvalue weighted by Gasteiger charge is -2.15. The summed E-state index contributed by atoms with van der Waals surface area (Å²) in [7, 11) is -4.74. The molecule has 1 unspecified atom stereocenters. The van der Waals surface area contributed by atoms with Crippen molar-refractivity contribution in [3.8, 4) is 6.07 Å². The molecule has 94 valence electrons. The molecule has 0 radical (unpaired) electrons. The maximum absolute atomic E-state index is 12.8. The number of nitrogens with zero attached hydrogens (tertiary/aromatic N) is 3. The molecule has 0 saturated carbocycles. The average molecular weight is 269 g/mol. The highest BCUT2D eigenvalue weighted by atomic mass is 32.3. The Kier molecular flexibility index (Phi) is 3.00. The molecular formula is C10H8FN3O3S. The highest BCUT2D eigenvalue weighted by molar-refractivity contribution is 7.87. The third-order valence-electron chi connectivity index (χ3n) is 2.66. The van der Waals surface area contributed by atoms with Crippen LogP contribution in [0.4, 0.5) is 9.57 Å². The summed E-state index contributed by atoms with van der Waals surface area (Å²) in [6.45, 7) is -0.244. The van der Waals surface area contributed by atoms with Gasteiger partial charge in [0.1, 0.15) is 17.0 Å². The van der Waals surface area contributed by atoms with Gasteiger partial charge in [-0.15, -0.1) is 3.89 Å². The molecule has 2 rings (SSSR count). The van der Waals surface area contributed by atoms with Crippen molar-refractivity contribution in [3.05, 3.63) is 24.0 Å². The van der Waals surface area contributed by atoms with E-state index in [1.165, 1.54) is 18.3 Å². The topological polar surface area (TPSA) is 91.1 Å². The zero-order valence-electron chi connectivity index (χ0n) is 9.08. The smallest absolute Gasteiger partial charge is 0.307 e. The third kappa shape index (κ3) is 2.31. The standard InChI is InChI=1S/C10H8FN3O3S/c11-18(16,17)9-4-10(15)14(6-9)8-1-2-13-7(3-8)5-12/h1-3,9H,4,6H2. The zero-order chi connectivity index (χ0) is 13.3. The molecule has 0 N–H and O–H groups in total. The van der Waals surface area contributed by atoms with E-state index in [4.69, 9.17) is 5.26 Å². The minimum atomic E-state index is -4.74. The number of pyridine rings is 1. The van der Waals surface area contributed by atoms with Crippen molar-refractivity contribution in [2.24, 2.45) is 0 Å². The van der Waals surface area contributed by atoms with Crippen LogP contribution in [0, 0.1) is 11.3 Å². The van der Waals surface area contributed by atoms with Crippen molar-refractivity contribution in [1.82, 2.24) is 4.98 Å². The second kappa shape index (κ2) is 4.34. The van der Waals surface area contributed by atoms with Gasteiger partial charge in [-0.2, -0.15) is 13.7 Å². The number of carbonyl (C=O) groups excluding carboxylic acids is 1. The van der Waals surface area contributed by atoms with Gasteiger partial charge in [0.15, 0.2) is 0 Å². The van der Waals surface area contributed by atoms with Crippen LogP contribution >= 0.6 is 0 Å². The van der Waals surface area contributed by atoms with E-state index >= 15 is 0 Å². The van der Waals surface area contributed by atoms with Gasteiger partial charge in [-0.05, 0) is 12.1 Å². The molecule has 1 aromatic heterocycles. The number of rotatable bonds is 2. The van der Waals surface area contributed by atoms with Crippen LogP contribution in [0.15, 0.2) is 18.3 Å². The minimum Gasteiger partial charge on any atom is -0.311 e. The second-order valence-electron chi connectivity index (χ2n) is 3.82. The maximum atomic E-state index is 12.8. The number of hydrogen-bond donors (Lipinski definition) is 0. The monoisotopic (exact) mass is 269 g/mol. The second-order valence-corrected chi connectivity index (χ2v) is 5.43. The summed E-state index contributed by atoms with van der Waals surface area (Å²) in [5.74, 6) is -0.490. The summed E-state index contributed by atoms with van der Waals surface area (Å²) >= 11 is 0. The number of carbonyl (C=O) groups is 1. The van der Waals surface area contributed by atoms with Gasteiger partial charge in [-0.25, -0.2) is 4.98 Å². The quantitative estimate of drug-likeness (QED) is 0.723. The number of amides is 1. The van der Waals surface area contributed by atoms with Gasteiger partial charge < -0.3 is 4.90 Å². The number of nitriles is 1. The summed E-state index contributed by atoms with van der Waals surface area (Å²) in [6, 6.07) is 4.62. The number of hydrogen-bond acceptors (Lipinski definition) is 5. The van der Waals surface area contributed by atoms with E-state index in [1.54, 1.807) is 6.07 Å². The maximum Gasteiger partial charge on any atom is 0.307 e. The summed E-state index contributed by atoms with van der Waals surface area (Å²) in [4.78, 5) is 16.5. The largest absolute Gasteiger partial charge is 0.311 e. The Bertz CT molecular complexity index is 638. The molecule has 0 spiro atoms. The van der Waals surface area contributed by atoms with Gasteiger partial charge in [0.05, 0.1) is 0 Å².